The van der Waals surface area contributed by atoms with Crippen molar-refractivity contribution in [2.45, 2.75) is 32.1 Å². The molecule has 0 bridgehead atoms. The molecule has 6 nitrogen and oxygen atoms in total. The van der Waals surface area contributed by atoms with Crippen LogP contribution in [0.5, 0.6) is 0 Å². The molecule has 0 spiro atoms. The number of aryl methyl sites for hydroxylation is 1. The number of imidazole rings is 1. The molecule has 0 amide bonds. The summed E-state index contributed by atoms with van der Waals surface area (Å²) in [7, 11) is 0. The van der Waals surface area contributed by atoms with E-state index in [1.54, 1.807) is 18.3 Å². The molecule has 21 heavy (non-hydrogen) atoms. The van der Waals surface area contributed by atoms with Crippen LogP contribution in [0.4, 0.5) is 5.69 Å². The first-order valence-corrected chi connectivity index (χ1v) is 7.19. The smallest absolute Gasteiger partial charge is 0.270 e. The molecular formula is C15H20N4O2. The second-order valence-electron chi connectivity index (χ2n) is 5.00. The third-order valence-corrected chi connectivity index (χ3v) is 3.36. The van der Waals surface area contributed by atoms with Crippen molar-refractivity contribution in [3.05, 3.63) is 46.4 Å². The standard InChI is InChI=1S/C15H20N4O2/c16-9-4-2-1-3-8-15-17-11-14(18-15)12-6-5-7-13(10-12)19(20)21/h5-7,10-11H,1-4,8-9,16H2,(H,17,18). The van der Waals surface area contributed by atoms with Crippen molar-refractivity contribution in [1.29, 1.82) is 0 Å². The van der Waals surface area contributed by atoms with E-state index < -0.39 is 4.92 Å². The average Bonchev–Trinajstić information content (AvgIpc) is 2.96. The maximum atomic E-state index is 10.8. The number of unbranched alkanes of at least 4 members (excludes halogenated alkanes) is 3. The Hall–Kier alpha value is -2.21. The number of non-ortho nitro benzene ring substituents is 1. The van der Waals surface area contributed by atoms with Crippen molar-refractivity contribution in [3.8, 4) is 11.3 Å². The first-order valence-electron chi connectivity index (χ1n) is 7.19. The lowest BCUT2D eigenvalue weighted by Crippen LogP contribution is -1.98. The highest BCUT2D eigenvalue weighted by molar-refractivity contribution is 5.61. The van der Waals surface area contributed by atoms with Crippen molar-refractivity contribution in [1.82, 2.24) is 9.97 Å². The lowest BCUT2D eigenvalue weighted by molar-refractivity contribution is -0.384. The Morgan fingerprint density at radius 3 is 2.81 bits per heavy atom. The molecule has 112 valence electrons. The molecule has 0 aliphatic rings. The average molecular weight is 288 g/mol. The van der Waals surface area contributed by atoms with Gasteiger partial charge in [0.2, 0.25) is 0 Å². The van der Waals surface area contributed by atoms with Gasteiger partial charge < -0.3 is 10.7 Å². The van der Waals surface area contributed by atoms with E-state index in [0.29, 0.717) is 0 Å². The minimum Gasteiger partial charge on any atom is -0.342 e. The van der Waals surface area contributed by atoms with E-state index in [4.69, 9.17) is 5.73 Å². The van der Waals surface area contributed by atoms with Gasteiger partial charge in [-0.05, 0) is 19.4 Å². The molecule has 2 aromatic rings. The summed E-state index contributed by atoms with van der Waals surface area (Å²) in [5.74, 6) is 0.921. The third-order valence-electron chi connectivity index (χ3n) is 3.36. The summed E-state index contributed by atoms with van der Waals surface area (Å²) in [4.78, 5) is 18.0. The molecule has 0 unspecified atom stereocenters. The topological polar surface area (TPSA) is 97.8 Å². The zero-order chi connectivity index (χ0) is 15.1. The number of nitrogens with zero attached hydrogens (tertiary/aromatic N) is 2. The van der Waals surface area contributed by atoms with Crippen LogP contribution in [0.25, 0.3) is 11.3 Å². The fourth-order valence-corrected chi connectivity index (χ4v) is 2.21. The summed E-state index contributed by atoms with van der Waals surface area (Å²) in [6, 6.07) is 6.56. The van der Waals surface area contributed by atoms with Gasteiger partial charge in [0.15, 0.2) is 0 Å². The van der Waals surface area contributed by atoms with Crippen molar-refractivity contribution in [3.63, 3.8) is 0 Å². The van der Waals surface area contributed by atoms with Crippen LogP contribution < -0.4 is 5.73 Å². The Labute approximate surface area is 123 Å². The van der Waals surface area contributed by atoms with E-state index in [2.05, 4.69) is 9.97 Å². The summed E-state index contributed by atoms with van der Waals surface area (Å²) in [6.07, 6.45) is 7.05. The van der Waals surface area contributed by atoms with Crippen LogP contribution in [0.2, 0.25) is 0 Å². The number of nitrogens with one attached hydrogen (secondary N) is 1. The van der Waals surface area contributed by atoms with Crippen LogP contribution in [-0.2, 0) is 6.42 Å². The maximum Gasteiger partial charge on any atom is 0.270 e. The number of hydrogen-bond donors (Lipinski definition) is 2. The van der Waals surface area contributed by atoms with Crippen LogP contribution in [0.15, 0.2) is 30.5 Å². The highest BCUT2D eigenvalue weighted by Crippen LogP contribution is 2.22. The normalized spacial score (nSPS) is 10.7. The molecule has 0 aliphatic carbocycles. The van der Waals surface area contributed by atoms with E-state index in [9.17, 15) is 10.1 Å². The number of nitro benzene ring substituents is 1. The number of nitrogens with two attached hydrogens (primary N) is 1. The summed E-state index contributed by atoms with van der Waals surface area (Å²) in [5.41, 5.74) is 7.14. The Kier molecular flexibility index (Phi) is 5.45. The van der Waals surface area contributed by atoms with Gasteiger partial charge in [0.1, 0.15) is 5.82 Å². The number of benzene rings is 1. The Morgan fingerprint density at radius 2 is 2.05 bits per heavy atom. The van der Waals surface area contributed by atoms with Gasteiger partial charge in [-0.3, -0.25) is 10.1 Å². The molecule has 3 N–H and O–H groups in total. The van der Waals surface area contributed by atoms with Gasteiger partial charge in [-0.25, -0.2) is 4.98 Å². The molecule has 0 radical (unpaired) electrons. The zero-order valence-electron chi connectivity index (χ0n) is 11.9. The largest absolute Gasteiger partial charge is 0.342 e. The number of rotatable bonds is 8. The van der Waals surface area contributed by atoms with Crippen molar-refractivity contribution >= 4 is 5.69 Å². The second-order valence-corrected chi connectivity index (χ2v) is 5.00. The molecule has 1 heterocycles. The molecule has 0 fully saturated rings. The fraction of sp³-hybridized carbons (Fsp3) is 0.400. The van der Waals surface area contributed by atoms with E-state index in [0.717, 1.165) is 55.7 Å². The van der Waals surface area contributed by atoms with Gasteiger partial charge in [-0.1, -0.05) is 25.0 Å². The van der Waals surface area contributed by atoms with Gasteiger partial charge in [0.25, 0.3) is 5.69 Å². The molecular weight excluding hydrogens is 268 g/mol. The monoisotopic (exact) mass is 288 g/mol. The number of hydrogen-bond acceptors (Lipinski definition) is 4. The van der Waals surface area contributed by atoms with Crippen LogP contribution in [0, 0.1) is 10.1 Å². The quantitative estimate of drug-likeness (QED) is 0.443. The fourth-order valence-electron chi connectivity index (χ4n) is 2.21. The predicted molar refractivity (Wildman–Crippen MR) is 81.9 cm³/mol. The molecule has 6 heteroatoms. The summed E-state index contributed by atoms with van der Waals surface area (Å²) in [6.45, 7) is 0.748. The number of H-pyrrole nitrogens is 1. The lowest BCUT2D eigenvalue weighted by Gasteiger charge is -1.99. The van der Waals surface area contributed by atoms with Crippen LogP contribution >= 0.6 is 0 Å². The van der Waals surface area contributed by atoms with Crippen molar-refractivity contribution in [2.75, 3.05) is 6.54 Å². The first kappa shape index (κ1) is 15.2. The van der Waals surface area contributed by atoms with Crippen LogP contribution in [0.3, 0.4) is 0 Å². The van der Waals surface area contributed by atoms with Gasteiger partial charge in [0, 0.05) is 24.1 Å². The minimum absolute atomic E-state index is 0.0884. The zero-order valence-corrected chi connectivity index (χ0v) is 11.9. The Balaban J connectivity index is 1.96. The molecule has 0 aliphatic heterocycles. The molecule has 1 aromatic heterocycles. The van der Waals surface area contributed by atoms with Crippen LogP contribution in [0.1, 0.15) is 31.5 Å². The first-order chi connectivity index (χ1) is 10.2. The summed E-state index contributed by atoms with van der Waals surface area (Å²) < 4.78 is 0. The van der Waals surface area contributed by atoms with Gasteiger partial charge in [0.05, 0.1) is 16.8 Å². The number of nitro groups is 1. The van der Waals surface area contributed by atoms with Gasteiger partial charge in [-0.2, -0.15) is 0 Å². The summed E-state index contributed by atoms with van der Waals surface area (Å²) in [5, 5.41) is 10.8. The second kappa shape index (κ2) is 7.54. The lowest BCUT2D eigenvalue weighted by atomic mass is 10.1. The van der Waals surface area contributed by atoms with Gasteiger partial charge in [-0.15, -0.1) is 0 Å². The highest BCUT2D eigenvalue weighted by atomic mass is 16.6. The number of aromatic amines is 1. The summed E-state index contributed by atoms with van der Waals surface area (Å²) >= 11 is 0. The van der Waals surface area contributed by atoms with E-state index in [1.165, 1.54) is 6.07 Å². The predicted octanol–water partition coefficient (Wildman–Crippen LogP) is 3.05. The number of aromatic nitrogens is 2. The van der Waals surface area contributed by atoms with Crippen LogP contribution in [-0.4, -0.2) is 21.4 Å². The molecule has 0 atom stereocenters. The molecule has 0 saturated carbocycles. The van der Waals surface area contributed by atoms with E-state index >= 15 is 0 Å². The Morgan fingerprint density at radius 1 is 1.24 bits per heavy atom. The Bertz CT molecular complexity index is 595. The maximum absolute atomic E-state index is 10.8. The molecule has 2 rings (SSSR count). The minimum atomic E-state index is -0.391. The van der Waals surface area contributed by atoms with E-state index in [-0.39, 0.29) is 5.69 Å². The SMILES string of the molecule is NCCCCCCc1ncc(-c2cccc([N+](=O)[O-])c2)[nH]1. The van der Waals surface area contributed by atoms with Crippen molar-refractivity contribution < 1.29 is 4.92 Å². The van der Waals surface area contributed by atoms with E-state index in [1.807, 2.05) is 6.07 Å². The highest BCUT2D eigenvalue weighted by Gasteiger charge is 2.09. The van der Waals surface area contributed by atoms with Crippen molar-refractivity contribution in [2.24, 2.45) is 5.73 Å². The van der Waals surface area contributed by atoms with Gasteiger partial charge >= 0.3 is 0 Å². The molecule has 1 aromatic carbocycles. The molecule has 0 saturated heterocycles. The third kappa shape index (κ3) is 4.39.